The van der Waals surface area contributed by atoms with Crippen LogP contribution in [0.25, 0.3) is 17.3 Å². The number of hydrogen-bond donors (Lipinski definition) is 1. The Morgan fingerprint density at radius 1 is 1.15 bits per heavy atom. The van der Waals surface area contributed by atoms with E-state index in [1.54, 1.807) is 18.3 Å². The van der Waals surface area contributed by atoms with Gasteiger partial charge in [0.15, 0.2) is 11.5 Å². The molecule has 1 fully saturated rings. The standard InChI is InChI=1S/C17H16F3N5O/c18-17(19,20)11-4-3-5-12(10-11)25-9-6-13(23-25)14-22-15(24-26-14)16(21)7-1-2-8-16/h3-6,9-10H,1-2,7-8,21H2. The molecule has 0 spiro atoms. The van der Waals surface area contributed by atoms with Gasteiger partial charge in [-0.2, -0.15) is 23.3 Å². The lowest BCUT2D eigenvalue weighted by Crippen LogP contribution is -2.34. The zero-order valence-corrected chi connectivity index (χ0v) is 13.7. The highest BCUT2D eigenvalue weighted by Gasteiger charge is 2.36. The molecule has 0 saturated heterocycles. The Morgan fingerprint density at radius 2 is 1.92 bits per heavy atom. The van der Waals surface area contributed by atoms with Crippen molar-refractivity contribution in [2.75, 3.05) is 0 Å². The lowest BCUT2D eigenvalue weighted by atomic mass is 9.99. The molecule has 1 aliphatic rings. The molecule has 136 valence electrons. The Labute approximate surface area is 146 Å². The smallest absolute Gasteiger partial charge is 0.332 e. The molecule has 2 heterocycles. The van der Waals surface area contributed by atoms with Crippen LogP contribution in [0.1, 0.15) is 37.1 Å². The van der Waals surface area contributed by atoms with Crippen LogP contribution < -0.4 is 5.73 Å². The van der Waals surface area contributed by atoms with Gasteiger partial charge in [-0.25, -0.2) is 4.68 Å². The summed E-state index contributed by atoms with van der Waals surface area (Å²) in [5, 5.41) is 8.21. The molecule has 0 bridgehead atoms. The predicted octanol–water partition coefficient (Wildman–Crippen LogP) is 3.67. The summed E-state index contributed by atoms with van der Waals surface area (Å²) in [6.45, 7) is 0. The maximum absolute atomic E-state index is 12.9. The molecule has 0 aliphatic heterocycles. The molecule has 0 amide bonds. The van der Waals surface area contributed by atoms with Gasteiger partial charge < -0.3 is 10.3 Å². The number of benzene rings is 1. The molecule has 3 aromatic rings. The summed E-state index contributed by atoms with van der Waals surface area (Å²) >= 11 is 0. The van der Waals surface area contributed by atoms with Crippen molar-refractivity contribution in [3.63, 3.8) is 0 Å². The van der Waals surface area contributed by atoms with Gasteiger partial charge in [0, 0.05) is 6.20 Å². The van der Waals surface area contributed by atoms with E-state index in [1.807, 2.05) is 0 Å². The average molecular weight is 363 g/mol. The zero-order chi connectivity index (χ0) is 18.4. The van der Waals surface area contributed by atoms with Crippen molar-refractivity contribution >= 4 is 0 Å². The molecule has 2 aromatic heterocycles. The quantitative estimate of drug-likeness (QED) is 0.768. The van der Waals surface area contributed by atoms with Crippen molar-refractivity contribution in [2.45, 2.75) is 37.4 Å². The van der Waals surface area contributed by atoms with E-state index < -0.39 is 17.3 Å². The van der Waals surface area contributed by atoms with Gasteiger partial charge in [0.1, 0.15) is 0 Å². The Bertz CT molecular complexity index is 924. The minimum atomic E-state index is -4.41. The average Bonchev–Trinajstić information content (AvgIpc) is 3.34. The van der Waals surface area contributed by atoms with Crippen LogP contribution in [0.4, 0.5) is 13.2 Å². The van der Waals surface area contributed by atoms with Gasteiger partial charge in [-0.05, 0) is 37.1 Å². The van der Waals surface area contributed by atoms with E-state index in [1.165, 1.54) is 10.7 Å². The monoisotopic (exact) mass is 363 g/mol. The number of alkyl halides is 3. The molecular formula is C17H16F3N5O. The number of nitrogens with two attached hydrogens (primary N) is 1. The van der Waals surface area contributed by atoms with Crippen LogP contribution in [-0.4, -0.2) is 19.9 Å². The molecule has 1 aliphatic carbocycles. The lowest BCUT2D eigenvalue weighted by Gasteiger charge is -2.17. The maximum atomic E-state index is 12.9. The summed E-state index contributed by atoms with van der Waals surface area (Å²) < 4.78 is 45.2. The van der Waals surface area contributed by atoms with Crippen molar-refractivity contribution in [3.8, 4) is 17.3 Å². The highest BCUT2D eigenvalue weighted by atomic mass is 19.4. The summed E-state index contributed by atoms with van der Waals surface area (Å²) in [5.41, 5.74) is 5.66. The first-order valence-corrected chi connectivity index (χ1v) is 8.22. The SMILES string of the molecule is NC1(c2noc(-c3ccn(-c4cccc(C(F)(F)F)c4)n3)n2)CCCC1. The number of rotatable bonds is 3. The van der Waals surface area contributed by atoms with Crippen molar-refractivity contribution in [3.05, 3.63) is 47.9 Å². The van der Waals surface area contributed by atoms with Gasteiger partial charge in [-0.1, -0.05) is 24.1 Å². The summed E-state index contributed by atoms with van der Waals surface area (Å²) in [5.74, 6) is 0.640. The van der Waals surface area contributed by atoms with Crippen LogP contribution in [0.15, 0.2) is 41.1 Å². The fraction of sp³-hybridized carbons (Fsp3) is 0.353. The van der Waals surface area contributed by atoms with E-state index in [0.29, 0.717) is 11.5 Å². The summed E-state index contributed by atoms with van der Waals surface area (Å²) in [4.78, 5) is 4.34. The van der Waals surface area contributed by atoms with Crippen LogP contribution in [0.5, 0.6) is 0 Å². The largest absolute Gasteiger partial charge is 0.416 e. The second-order valence-electron chi connectivity index (χ2n) is 6.48. The minimum absolute atomic E-state index is 0.197. The predicted molar refractivity (Wildman–Crippen MR) is 86.2 cm³/mol. The first kappa shape index (κ1) is 16.8. The van der Waals surface area contributed by atoms with E-state index in [4.69, 9.17) is 10.3 Å². The molecule has 1 aromatic carbocycles. The van der Waals surface area contributed by atoms with E-state index in [2.05, 4.69) is 15.2 Å². The molecule has 0 atom stereocenters. The molecular weight excluding hydrogens is 347 g/mol. The van der Waals surface area contributed by atoms with Crippen LogP contribution in [0.3, 0.4) is 0 Å². The van der Waals surface area contributed by atoms with Crippen LogP contribution in [-0.2, 0) is 11.7 Å². The van der Waals surface area contributed by atoms with E-state index in [0.717, 1.165) is 37.8 Å². The number of aromatic nitrogens is 4. The van der Waals surface area contributed by atoms with Crippen LogP contribution in [0.2, 0.25) is 0 Å². The molecule has 4 rings (SSSR count). The first-order valence-electron chi connectivity index (χ1n) is 8.22. The van der Waals surface area contributed by atoms with Gasteiger partial charge in [0.25, 0.3) is 5.89 Å². The topological polar surface area (TPSA) is 82.8 Å². The van der Waals surface area contributed by atoms with Crippen LogP contribution >= 0.6 is 0 Å². The van der Waals surface area contributed by atoms with Crippen molar-refractivity contribution in [1.29, 1.82) is 0 Å². The molecule has 6 nitrogen and oxygen atoms in total. The van der Waals surface area contributed by atoms with E-state index >= 15 is 0 Å². The van der Waals surface area contributed by atoms with Gasteiger partial charge >= 0.3 is 6.18 Å². The van der Waals surface area contributed by atoms with Crippen LogP contribution in [0, 0.1) is 0 Å². The van der Waals surface area contributed by atoms with E-state index in [9.17, 15) is 13.2 Å². The third kappa shape index (κ3) is 2.98. The molecule has 2 N–H and O–H groups in total. The van der Waals surface area contributed by atoms with E-state index in [-0.39, 0.29) is 11.6 Å². The molecule has 9 heteroatoms. The molecule has 0 radical (unpaired) electrons. The van der Waals surface area contributed by atoms with Gasteiger partial charge in [0.05, 0.1) is 16.8 Å². The van der Waals surface area contributed by atoms with Crippen molar-refractivity contribution in [1.82, 2.24) is 19.9 Å². The highest BCUT2D eigenvalue weighted by Crippen LogP contribution is 2.35. The third-order valence-electron chi connectivity index (χ3n) is 4.61. The Kier molecular flexibility index (Phi) is 3.83. The second-order valence-corrected chi connectivity index (χ2v) is 6.48. The molecule has 0 unspecified atom stereocenters. The van der Waals surface area contributed by atoms with Gasteiger partial charge in [-0.15, -0.1) is 0 Å². The number of halogens is 3. The Morgan fingerprint density at radius 3 is 2.65 bits per heavy atom. The zero-order valence-electron chi connectivity index (χ0n) is 13.7. The summed E-state index contributed by atoms with van der Waals surface area (Å²) in [6.07, 6.45) is 0.761. The van der Waals surface area contributed by atoms with Crippen molar-refractivity contribution < 1.29 is 17.7 Å². The third-order valence-corrected chi connectivity index (χ3v) is 4.61. The first-order chi connectivity index (χ1) is 12.4. The summed E-state index contributed by atoms with van der Waals surface area (Å²) in [6, 6.07) is 6.53. The fourth-order valence-electron chi connectivity index (χ4n) is 3.17. The summed E-state index contributed by atoms with van der Waals surface area (Å²) in [7, 11) is 0. The van der Waals surface area contributed by atoms with Crippen molar-refractivity contribution in [2.24, 2.45) is 5.73 Å². The molecule has 26 heavy (non-hydrogen) atoms. The number of nitrogens with zero attached hydrogens (tertiary/aromatic N) is 4. The fourth-order valence-corrected chi connectivity index (χ4v) is 3.17. The second kappa shape index (κ2) is 5.94. The Balaban J connectivity index is 1.62. The Hall–Kier alpha value is -2.68. The maximum Gasteiger partial charge on any atom is 0.416 e. The van der Waals surface area contributed by atoms with Gasteiger partial charge in [-0.3, -0.25) is 0 Å². The lowest BCUT2D eigenvalue weighted by molar-refractivity contribution is -0.137. The normalized spacial score (nSPS) is 16.9. The number of hydrogen-bond acceptors (Lipinski definition) is 5. The minimum Gasteiger partial charge on any atom is -0.332 e. The van der Waals surface area contributed by atoms with Gasteiger partial charge in [0.2, 0.25) is 0 Å². The highest BCUT2D eigenvalue weighted by molar-refractivity contribution is 5.47. The molecule has 1 saturated carbocycles.